The van der Waals surface area contributed by atoms with Crippen LogP contribution in [0.15, 0.2) is 36.4 Å². The zero-order valence-corrected chi connectivity index (χ0v) is 13.4. The van der Waals surface area contributed by atoms with Crippen LogP contribution in [0.25, 0.3) is 0 Å². The summed E-state index contributed by atoms with van der Waals surface area (Å²) >= 11 is 0. The maximum atomic E-state index is 13.6. The number of nitrogens with one attached hydrogen (secondary N) is 1. The molecule has 0 spiro atoms. The second-order valence-electron chi connectivity index (χ2n) is 6.34. The molecular weight excluding hydrogens is 296 g/mol. The van der Waals surface area contributed by atoms with Gasteiger partial charge in [-0.3, -0.25) is 0 Å². The summed E-state index contributed by atoms with van der Waals surface area (Å²) in [5, 5.41) is 14.9. The SMILES string of the molecule is Cc1cc(C(O)(c2ccc(F)c(C)c2)[C@@H]2CCCN2)ccc1F. The van der Waals surface area contributed by atoms with Crippen LogP contribution in [0.3, 0.4) is 0 Å². The van der Waals surface area contributed by atoms with Crippen molar-refractivity contribution < 1.29 is 13.9 Å². The fourth-order valence-electron chi connectivity index (χ4n) is 3.37. The Morgan fingerprint density at radius 1 is 1.00 bits per heavy atom. The Balaban J connectivity index is 2.16. The molecular formula is C19H21F2NO. The standard InChI is InChI=1S/C19H21F2NO/c1-12-10-14(5-7-16(12)20)19(23,18-4-3-9-22-18)15-6-8-17(21)13(2)11-15/h5-8,10-11,18,22-23H,3-4,9H2,1-2H3/t18-/m0/s1. The van der Waals surface area contributed by atoms with Gasteiger partial charge in [0.2, 0.25) is 0 Å². The second-order valence-corrected chi connectivity index (χ2v) is 6.34. The van der Waals surface area contributed by atoms with Gasteiger partial charge in [0.05, 0.1) is 0 Å². The predicted molar refractivity (Wildman–Crippen MR) is 86.3 cm³/mol. The highest BCUT2D eigenvalue weighted by atomic mass is 19.1. The summed E-state index contributed by atoms with van der Waals surface area (Å²) in [6.45, 7) is 4.18. The van der Waals surface area contributed by atoms with Crippen LogP contribution in [0.2, 0.25) is 0 Å². The molecule has 23 heavy (non-hydrogen) atoms. The van der Waals surface area contributed by atoms with Crippen molar-refractivity contribution in [1.29, 1.82) is 0 Å². The minimum Gasteiger partial charge on any atom is -0.379 e. The minimum atomic E-state index is -1.31. The molecule has 0 aliphatic carbocycles. The van der Waals surface area contributed by atoms with E-state index in [0.29, 0.717) is 22.3 Å². The van der Waals surface area contributed by atoms with Crippen molar-refractivity contribution in [3.8, 4) is 0 Å². The number of rotatable bonds is 3. The molecule has 122 valence electrons. The molecule has 1 aliphatic heterocycles. The van der Waals surface area contributed by atoms with E-state index in [2.05, 4.69) is 5.32 Å². The van der Waals surface area contributed by atoms with E-state index < -0.39 is 5.60 Å². The minimum absolute atomic E-state index is 0.183. The van der Waals surface area contributed by atoms with Gasteiger partial charge in [-0.05, 0) is 79.8 Å². The number of hydrogen-bond donors (Lipinski definition) is 2. The average molecular weight is 317 g/mol. The molecule has 0 unspecified atom stereocenters. The van der Waals surface area contributed by atoms with Gasteiger partial charge in [0.25, 0.3) is 0 Å². The summed E-state index contributed by atoms with van der Waals surface area (Å²) in [7, 11) is 0. The van der Waals surface area contributed by atoms with E-state index in [-0.39, 0.29) is 17.7 Å². The molecule has 2 aromatic carbocycles. The Kier molecular flexibility index (Phi) is 4.21. The summed E-state index contributed by atoms with van der Waals surface area (Å²) in [6.07, 6.45) is 1.77. The normalized spacial score (nSPS) is 18.4. The predicted octanol–water partition coefficient (Wildman–Crippen LogP) is 3.57. The maximum absolute atomic E-state index is 13.6. The molecule has 1 atom stereocenters. The average Bonchev–Trinajstić information content (AvgIpc) is 3.07. The molecule has 1 fully saturated rings. The quantitative estimate of drug-likeness (QED) is 0.907. The van der Waals surface area contributed by atoms with Gasteiger partial charge in [-0.2, -0.15) is 0 Å². The first kappa shape index (κ1) is 16.1. The fourth-order valence-corrected chi connectivity index (χ4v) is 3.37. The van der Waals surface area contributed by atoms with Crippen LogP contribution in [0.4, 0.5) is 8.78 Å². The third-order valence-corrected chi connectivity index (χ3v) is 4.76. The fraction of sp³-hybridized carbons (Fsp3) is 0.368. The molecule has 3 rings (SSSR count). The van der Waals surface area contributed by atoms with E-state index in [0.717, 1.165) is 19.4 Å². The smallest absolute Gasteiger partial charge is 0.130 e. The zero-order chi connectivity index (χ0) is 16.6. The summed E-state index contributed by atoms with van der Waals surface area (Å²) < 4.78 is 27.3. The lowest BCUT2D eigenvalue weighted by Crippen LogP contribution is -2.46. The van der Waals surface area contributed by atoms with Gasteiger partial charge >= 0.3 is 0 Å². The van der Waals surface area contributed by atoms with Crippen LogP contribution in [0, 0.1) is 25.5 Å². The number of aliphatic hydroxyl groups is 1. The molecule has 0 aromatic heterocycles. The van der Waals surface area contributed by atoms with E-state index in [1.54, 1.807) is 38.1 Å². The Hall–Kier alpha value is -1.78. The van der Waals surface area contributed by atoms with Gasteiger partial charge in [0, 0.05) is 6.04 Å². The van der Waals surface area contributed by atoms with Crippen molar-refractivity contribution in [1.82, 2.24) is 5.32 Å². The van der Waals surface area contributed by atoms with Crippen molar-refractivity contribution >= 4 is 0 Å². The molecule has 4 heteroatoms. The van der Waals surface area contributed by atoms with Crippen LogP contribution >= 0.6 is 0 Å². The van der Waals surface area contributed by atoms with Crippen molar-refractivity contribution in [3.63, 3.8) is 0 Å². The monoisotopic (exact) mass is 317 g/mol. The molecule has 0 bridgehead atoms. The van der Waals surface area contributed by atoms with Crippen molar-refractivity contribution in [2.24, 2.45) is 0 Å². The molecule has 2 nitrogen and oxygen atoms in total. The van der Waals surface area contributed by atoms with E-state index in [9.17, 15) is 13.9 Å². The van der Waals surface area contributed by atoms with Gasteiger partial charge in [0.15, 0.2) is 0 Å². The highest BCUT2D eigenvalue weighted by molar-refractivity contribution is 5.42. The molecule has 1 aliphatic rings. The van der Waals surface area contributed by atoms with Crippen LogP contribution < -0.4 is 5.32 Å². The Morgan fingerprint density at radius 2 is 1.52 bits per heavy atom. The summed E-state index contributed by atoms with van der Waals surface area (Å²) in [6, 6.07) is 9.14. The maximum Gasteiger partial charge on any atom is 0.130 e. The molecule has 2 aromatic rings. The van der Waals surface area contributed by atoms with Gasteiger partial charge in [0.1, 0.15) is 17.2 Å². The first-order chi connectivity index (χ1) is 10.9. The van der Waals surface area contributed by atoms with E-state index in [1.165, 1.54) is 12.1 Å². The first-order valence-electron chi connectivity index (χ1n) is 7.92. The lowest BCUT2D eigenvalue weighted by molar-refractivity contribution is 0.0440. The van der Waals surface area contributed by atoms with Crippen LogP contribution in [-0.4, -0.2) is 17.7 Å². The Labute approximate surface area is 135 Å². The molecule has 2 N–H and O–H groups in total. The molecule has 1 heterocycles. The Bertz CT molecular complexity index is 672. The lowest BCUT2D eigenvalue weighted by Gasteiger charge is -2.36. The zero-order valence-electron chi connectivity index (χ0n) is 13.4. The van der Waals surface area contributed by atoms with Gasteiger partial charge in [-0.1, -0.05) is 12.1 Å². The summed E-state index contributed by atoms with van der Waals surface area (Å²) in [4.78, 5) is 0. The van der Waals surface area contributed by atoms with E-state index >= 15 is 0 Å². The highest BCUT2D eigenvalue weighted by Gasteiger charge is 2.42. The third-order valence-electron chi connectivity index (χ3n) is 4.76. The molecule has 0 saturated carbocycles. The third kappa shape index (κ3) is 2.77. The van der Waals surface area contributed by atoms with Crippen molar-refractivity contribution in [2.75, 3.05) is 6.54 Å². The molecule has 0 radical (unpaired) electrons. The van der Waals surface area contributed by atoms with Crippen molar-refractivity contribution in [3.05, 3.63) is 70.3 Å². The number of aryl methyl sites for hydroxylation is 2. The van der Waals surface area contributed by atoms with Crippen LogP contribution in [0.1, 0.15) is 35.1 Å². The van der Waals surface area contributed by atoms with Crippen LogP contribution in [-0.2, 0) is 5.60 Å². The van der Waals surface area contributed by atoms with Gasteiger partial charge in [-0.25, -0.2) is 8.78 Å². The van der Waals surface area contributed by atoms with Crippen LogP contribution in [0.5, 0.6) is 0 Å². The van der Waals surface area contributed by atoms with Crippen molar-refractivity contribution in [2.45, 2.75) is 38.3 Å². The Morgan fingerprint density at radius 3 is 1.91 bits per heavy atom. The molecule has 0 amide bonds. The van der Waals surface area contributed by atoms with Gasteiger partial charge in [-0.15, -0.1) is 0 Å². The largest absolute Gasteiger partial charge is 0.379 e. The highest BCUT2D eigenvalue weighted by Crippen LogP contribution is 2.37. The number of halogens is 2. The molecule has 1 saturated heterocycles. The topological polar surface area (TPSA) is 32.3 Å². The van der Waals surface area contributed by atoms with Gasteiger partial charge < -0.3 is 10.4 Å². The summed E-state index contributed by atoms with van der Waals surface area (Å²) in [5.74, 6) is -0.600. The number of benzene rings is 2. The lowest BCUT2D eigenvalue weighted by atomic mass is 9.78. The van der Waals surface area contributed by atoms with E-state index in [4.69, 9.17) is 0 Å². The first-order valence-corrected chi connectivity index (χ1v) is 7.92. The second kappa shape index (κ2) is 6.02. The van der Waals surface area contributed by atoms with E-state index in [1.807, 2.05) is 0 Å². The number of hydrogen-bond acceptors (Lipinski definition) is 2. The summed E-state index contributed by atoms with van der Waals surface area (Å²) in [5.41, 5.74) is 0.909.